The standard InChI is InChI=1S/C11H15N5O2S/c1-19(17,18)16-4-2-15(3-5-16)11-10(13)6-9(7-12)8-14-11/h6,8H,2-5,13H2,1H3. The zero-order chi connectivity index (χ0) is 14.0. The molecule has 7 nitrogen and oxygen atoms in total. The van der Waals surface area contributed by atoms with Gasteiger partial charge in [-0.25, -0.2) is 13.4 Å². The maximum absolute atomic E-state index is 11.4. The Morgan fingerprint density at radius 1 is 1.37 bits per heavy atom. The van der Waals surface area contributed by atoms with Gasteiger partial charge in [0.1, 0.15) is 6.07 Å². The Morgan fingerprint density at radius 2 is 2.00 bits per heavy atom. The Morgan fingerprint density at radius 3 is 2.47 bits per heavy atom. The van der Waals surface area contributed by atoms with Gasteiger partial charge in [0, 0.05) is 32.4 Å². The Balaban J connectivity index is 2.12. The highest BCUT2D eigenvalue weighted by Gasteiger charge is 2.24. The number of nitriles is 1. The van der Waals surface area contributed by atoms with Crippen molar-refractivity contribution in [2.75, 3.05) is 43.1 Å². The molecule has 1 aromatic rings. The van der Waals surface area contributed by atoms with Gasteiger partial charge >= 0.3 is 0 Å². The summed E-state index contributed by atoms with van der Waals surface area (Å²) in [5.74, 6) is 0.604. The fourth-order valence-corrected chi connectivity index (χ4v) is 2.86. The second-order valence-electron chi connectivity index (χ2n) is 4.40. The normalized spacial score (nSPS) is 17.2. The van der Waals surface area contributed by atoms with Crippen LogP contribution in [0.15, 0.2) is 12.3 Å². The van der Waals surface area contributed by atoms with Crippen molar-refractivity contribution in [1.29, 1.82) is 5.26 Å². The van der Waals surface area contributed by atoms with Crippen molar-refractivity contribution in [3.05, 3.63) is 17.8 Å². The minimum absolute atomic E-state index is 0.413. The number of pyridine rings is 1. The van der Waals surface area contributed by atoms with Gasteiger partial charge in [0.25, 0.3) is 0 Å². The lowest BCUT2D eigenvalue weighted by atomic mass is 10.2. The third-order valence-corrected chi connectivity index (χ3v) is 4.33. The first-order valence-electron chi connectivity index (χ1n) is 5.77. The molecular formula is C11H15N5O2S. The van der Waals surface area contributed by atoms with Crippen molar-refractivity contribution in [1.82, 2.24) is 9.29 Å². The highest BCUT2D eigenvalue weighted by molar-refractivity contribution is 7.88. The topological polar surface area (TPSA) is 103 Å². The summed E-state index contributed by atoms with van der Waals surface area (Å²) >= 11 is 0. The van der Waals surface area contributed by atoms with Crippen LogP contribution in [-0.2, 0) is 10.0 Å². The van der Waals surface area contributed by atoms with Crippen LogP contribution in [-0.4, -0.2) is 50.1 Å². The number of nitrogens with two attached hydrogens (primary N) is 1. The lowest BCUT2D eigenvalue weighted by Crippen LogP contribution is -2.48. The van der Waals surface area contributed by atoms with Gasteiger partial charge < -0.3 is 10.6 Å². The number of piperazine rings is 1. The molecule has 1 aliphatic heterocycles. The van der Waals surface area contributed by atoms with Gasteiger partial charge in [0.15, 0.2) is 5.82 Å². The lowest BCUT2D eigenvalue weighted by Gasteiger charge is -2.34. The molecule has 0 spiro atoms. The average Bonchev–Trinajstić information content (AvgIpc) is 2.37. The molecule has 1 saturated heterocycles. The lowest BCUT2D eigenvalue weighted by molar-refractivity contribution is 0.387. The van der Waals surface area contributed by atoms with Gasteiger partial charge in [0.2, 0.25) is 10.0 Å². The number of anilines is 2. The minimum Gasteiger partial charge on any atom is -0.396 e. The summed E-state index contributed by atoms with van der Waals surface area (Å²) in [5, 5.41) is 8.76. The van der Waals surface area contributed by atoms with Gasteiger partial charge in [-0.05, 0) is 6.07 Å². The van der Waals surface area contributed by atoms with E-state index in [0.29, 0.717) is 43.2 Å². The Bertz CT molecular complexity index is 614. The molecular weight excluding hydrogens is 266 g/mol. The first kappa shape index (κ1) is 13.6. The van der Waals surface area contributed by atoms with Crippen LogP contribution in [0.3, 0.4) is 0 Å². The third-order valence-electron chi connectivity index (χ3n) is 3.03. The molecule has 0 radical (unpaired) electrons. The van der Waals surface area contributed by atoms with E-state index >= 15 is 0 Å². The van der Waals surface area contributed by atoms with Crippen molar-refractivity contribution in [3.8, 4) is 6.07 Å². The smallest absolute Gasteiger partial charge is 0.211 e. The first-order chi connectivity index (χ1) is 8.91. The Labute approximate surface area is 112 Å². The van der Waals surface area contributed by atoms with E-state index in [4.69, 9.17) is 11.0 Å². The number of nitrogen functional groups attached to an aromatic ring is 1. The zero-order valence-corrected chi connectivity index (χ0v) is 11.4. The fourth-order valence-electron chi connectivity index (χ4n) is 2.03. The molecule has 2 N–H and O–H groups in total. The van der Waals surface area contributed by atoms with Crippen LogP contribution in [0.25, 0.3) is 0 Å². The molecule has 19 heavy (non-hydrogen) atoms. The van der Waals surface area contributed by atoms with Crippen molar-refractivity contribution in [2.24, 2.45) is 0 Å². The van der Waals surface area contributed by atoms with Crippen molar-refractivity contribution in [2.45, 2.75) is 0 Å². The molecule has 2 heterocycles. The second kappa shape index (κ2) is 5.03. The molecule has 0 atom stereocenters. The van der Waals surface area contributed by atoms with E-state index in [1.165, 1.54) is 16.8 Å². The van der Waals surface area contributed by atoms with E-state index in [9.17, 15) is 8.42 Å². The molecule has 2 rings (SSSR count). The molecule has 8 heteroatoms. The van der Waals surface area contributed by atoms with Crippen LogP contribution in [0.5, 0.6) is 0 Å². The molecule has 0 saturated carbocycles. The Hall–Kier alpha value is -1.85. The van der Waals surface area contributed by atoms with Crippen LogP contribution in [0.2, 0.25) is 0 Å². The second-order valence-corrected chi connectivity index (χ2v) is 6.38. The number of hydrogen-bond acceptors (Lipinski definition) is 6. The summed E-state index contributed by atoms with van der Waals surface area (Å²) in [4.78, 5) is 6.10. The van der Waals surface area contributed by atoms with Gasteiger partial charge in [-0.2, -0.15) is 9.57 Å². The summed E-state index contributed by atoms with van der Waals surface area (Å²) in [7, 11) is -3.14. The highest BCUT2D eigenvalue weighted by Crippen LogP contribution is 2.22. The molecule has 0 aromatic carbocycles. The van der Waals surface area contributed by atoms with Crippen LogP contribution >= 0.6 is 0 Å². The summed E-state index contributed by atoms with van der Waals surface area (Å²) in [5.41, 5.74) is 6.71. The van der Waals surface area contributed by atoms with E-state index in [-0.39, 0.29) is 0 Å². The van der Waals surface area contributed by atoms with E-state index < -0.39 is 10.0 Å². The number of nitrogens with zero attached hydrogens (tertiary/aromatic N) is 4. The zero-order valence-electron chi connectivity index (χ0n) is 10.6. The van der Waals surface area contributed by atoms with Crippen LogP contribution in [0.1, 0.15) is 5.56 Å². The monoisotopic (exact) mass is 281 g/mol. The Kier molecular flexibility index (Phi) is 3.59. The SMILES string of the molecule is CS(=O)(=O)N1CCN(c2ncc(C#N)cc2N)CC1. The van der Waals surface area contributed by atoms with Crippen molar-refractivity contribution < 1.29 is 8.42 Å². The molecule has 102 valence electrons. The number of aromatic nitrogens is 1. The van der Waals surface area contributed by atoms with E-state index in [1.54, 1.807) is 6.07 Å². The van der Waals surface area contributed by atoms with Crippen LogP contribution in [0.4, 0.5) is 11.5 Å². The third kappa shape index (κ3) is 2.94. The number of rotatable bonds is 2. The summed E-state index contributed by atoms with van der Waals surface area (Å²) in [6, 6.07) is 3.55. The molecule has 1 aliphatic rings. The molecule has 0 aliphatic carbocycles. The number of hydrogen-bond donors (Lipinski definition) is 1. The summed E-state index contributed by atoms with van der Waals surface area (Å²) in [6.07, 6.45) is 2.67. The minimum atomic E-state index is -3.14. The van der Waals surface area contributed by atoms with E-state index in [0.717, 1.165) is 0 Å². The van der Waals surface area contributed by atoms with Gasteiger partial charge in [-0.3, -0.25) is 0 Å². The molecule has 0 amide bonds. The average molecular weight is 281 g/mol. The maximum Gasteiger partial charge on any atom is 0.211 e. The predicted molar refractivity (Wildman–Crippen MR) is 72.0 cm³/mol. The van der Waals surface area contributed by atoms with E-state index in [1.807, 2.05) is 11.0 Å². The van der Waals surface area contributed by atoms with Gasteiger partial charge in [-0.15, -0.1) is 0 Å². The van der Waals surface area contributed by atoms with Crippen LogP contribution in [0, 0.1) is 11.3 Å². The molecule has 0 unspecified atom stereocenters. The highest BCUT2D eigenvalue weighted by atomic mass is 32.2. The summed E-state index contributed by atoms with van der Waals surface area (Å²) < 4.78 is 24.3. The van der Waals surface area contributed by atoms with Gasteiger partial charge in [0.05, 0.1) is 17.5 Å². The van der Waals surface area contributed by atoms with Crippen LogP contribution < -0.4 is 10.6 Å². The molecule has 1 aromatic heterocycles. The van der Waals surface area contributed by atoms with Gasteiger partial charge in [-0.1, -0.05) is 0 Å². The summed E-state index contributed by atoms with van der Waals surface area (Å²) in [6.45, 7) is 1.91. The largest absolute Gasteiger partial charge is 0.396 e. The predicted octanol–water partition coefficient (Wildman–Crippen LogP) is -0.383. The van der Waals surface area contributed by atoms with E-state index in [2.05, 4.69) is 4.98 Å². The van der Waals surface area contributed by atoms with Crippen molar-refractivity contribution in [3.63, 3.8) is 0 Å². The maximum atomic E-state index is 11.4. The van der Waals surface area contributed by atoms with Crippen molar-refractivity contribution >= 4 is 21.5 Å². The molecule has 0 bridgehead atoms. The fraction of sp³-hybridized carbons (Fsp3) is 0.455. The quantitative estimate of drug-likeness (QED) is 0.792. The molecule has 1 fully saturated rings. The first-order valence-corrected chi connectivity index (χ1v) is 7.62. The number of sulfonamides is 1.